The summed E-state index contributed by atoms with van der Waals surface area (Å²) in [7, 11) is 1.61. The van der Waals surface area contributed by atoms with Crippen LogP contribution in [0.3, 0.4) is 0 Å². The lowest BCUT2D eigenvalue weighted by Crippen LogP contribution is -2.13. The normalized spacial score (nSPS) is 10.8. The number of benzene rings is 2. The number of fused-ring (bicyclic) bond motifs is 1. The first-order valence-electron chi connectivity index (χ1n) is 7.81. The fourth-order valence-electron chi connectivity index (χ4n) is 2.72. The van der Waals surface area contributed by atoms with Gasteiger partial charge < -0.3 is 13.9 Å². The number of hydrogen-bond acceptors (Lipinski definition) is 4. The van der Waals surface area contributed by atoms with Gasteiger partial charge in [0.2, 0.25) is 0 Å². The predicted octanol–water partition coefficient (Wildman–Crippen LogP) is 4.51. The van der Waals surface area contributed by atoms with Crippen LogP contribution in [0.15, 0.2) is 41.0 Å². The number of esters is 1. The van der Waals surface area contributed by atoms with Crippen molar-refractivity contribution in [2.24, 2.45) is 0 Å². The van der Waals surface area contributed by atoms with Gasteiger partial charge >= 0.3 is 5.97 Å². The van der Waals surface area contributed by atoms with Crippen molar-refractivity contribution in [2.45, 2.75) is 27.2 Å². The Morgan fingerprint density at radius 1 is 1.08 bits per heavy atom. The molecular formula is C20H20O4. The van der Waals surface area contributed by atoms with E-state index in [1.807, 2.05) is 45.0 Å². The zero-order valence-electron chi connectivity index (χ0n) is 14.3. The summed E-state index contributed by atoms with van der Waals surface area (Å²) in [6, 6.07) is 9.54. The van der Waals surface area contributed by atoms with Crippen LogP contribution >= 0.6 is 0 Å². The van der Waals surface area contributed by atoms with E-state index in [-0.39, 0.29) is 12.4 Å². The molecule has 0 aliphatic heterocycles. The number of rotatable bonds is 4. The lowest BCUT2D eigenvalue weighted by Gasteiger charge is -2.12. The molecule has 0 radical (unpaired) electrons. The first-order chi connectivity index (χ1) is 11.5. The molecule has 0 unspecified atom stereocenters. The van der Waals surface area contributed by atoms with Crippen LogP contribution in [0.25, 0.3) is 11.0 Å². The van der Waals surface area contributed by atoms with Gasteiger partial charge in [0.15, 0.2) is 0 Å². The Morgan fingerprint density at radius 3 is 2.58 bits per heavy atom. The van der Waals surface area contributed by atoms with Crippen molar-refractivity contribution in [1.82, 2.24) is 0 Å². The molecule has 4 heteroatoms. The molecular weight excluding hydrogens is 304 g/mol. The Labute approximate surface area is 141 Å². The van der Waals surface area contributed by atoms with Gasteiger partial charge in [-0.05, 0) is 49.6 Å². The molecule has 0 spiro atoms. The first kappa shape index (κ1) is 16.1. The molecule has 0 saturated carbocycles. The quantitative estimate of drug-likeness (QED) is 0.523. The second kappa shape index (κ2) is 6.40. The standard InChI is InChI=1S/C20H20O4/c1-12-5-6-13(2)20(14(12)3)24-19(21)9-15-11-23-18-10-16(22-4)7-8-17(15)18/h5-8,10-11H,9H2,1-4H3. The van der Waals surface area contributed by atoms with Crippen molar-refractivity contribution in [3.63, 3.8) is 0 Å². The number of furan rings is 1. The van der Waals surface area contributed by atoms with Crippen molar-refractivity contribution in [3.8, 4) is 11.5 Å². The molecule has 0 amide bonds. The smallest absolute Gasteiger partial charge is 0.315 e. The average Bonchev–Trinajstić information content (AvgIpc) is 2.97. The Bertz CT molecular complexity index is 905. The monoisotopic (exact) mass is 324 g/mol. The molecule has 0 atom stereocenters. The number of methoxy groups -OCH3 is 1. The van der Waals surface area contributed by atoms with E-state index < -0.39 is 0 Å². The van der Waals surface area contributed by atoms with Gasteiger partial charge in [-0.3, -0.25) is 4.79 Å². The molecule has 0 fully saturated rings. The van der Waals surface area contributed by atoms with Crippen LogP contribution in [0.4, 0.5) is 0 Å². The number of carbonyl (C=O) groups is 1. The largest absolute Gasteiger partial charge is 0.497 e. The Kier molecular flexibility index (Phi) is 4.30. The predicted molar refractivity (Wildman–Crippen MR) is 92.8 cm³/mol. The minimum Gasteiger partial charge on any atom is -0.497 e. The molecule has 3 aromatic rings. The summed E-state index contributed by atoms with van der Waals surface area (Å²) < 4.78 is 16.3. The van der Waals surface area contributed by atoms with Crippen LogP contribution in [0.5, 0.6) is 11.5 Å². The van der Waals surface area contributed by atoms with Gasteiger partial charge in [0.05, 0.1) is 19.8 Å². The van der Waals surface area contributed by atoms with Crippen LogP contribution in [0.1, 0.15) is 22.3 Å². The van der Waals surface area contributed by atoms with E-state index in [9.17, 15) is 4.79 Å². The Hall–Kier alpha value is -2.75. The maximum Gasteiger partial charge on any atom is 0.315 e. The highest BCUT2D eigenvalue weighted by Crippen LogP contribution is 2.28. The fourth-order valence-corrected chi connectivity index (χ4v) is 2.72. The van der Waals surface area contributed by atoms with Crippen molar-refractivity contribution in [3.05, 3.63) is 58.8 Å². The third-order valence-electron chi connectivity index (χ3n) is 4.29. The van der Waals surface area contributed by atoms with Gasteiger partial charge in [-0.25, -0.2) is 0 Å². The van der Waals surface area contributed by atoms with Gasteiger partial charge in [-0.1, -0.05) is 12.1 Å². The highest BCUT2D eigenvalue weighted by molar-refractivity contribution is 5.87. The molecule has 0 aliphatic carbocycles. The summed E-state index contributed by atoms with van der Waals surface area (Å²) in [5, 5.41) is 0.894. The van der Waals surface area contributed by atoms with Crippen molar-refractivity contribution < 1.29 is 18.7 Å². The molecule has 0 N–H and O–H groups in total. The third kappa shape index (κ3) is 3.00. The summed E-state index contributed by atoms with van der Waals surface area (Å²) in [6.45, 7) is 5.90. The molecule has 24 heavy (non-hydrogen) atoms. The van der Waals surface area contributed by atoms with Gasteiger partial charge in [0, 0.05) is 17.0 Å². The minimum atomic E-state index is -0.301. The maximum absolute atomic E-state index is 12.4. The van der Waals surface area contributed by atoms with Gasteiger partial charge in [0.1, 0.15) is 17.1 Å². The second-order valence-electron chi connectivity index (χ2n) is 5.93. The maximum atomic E-state index is 12.4. The average molecular weight is 324 g/mol. The van der Waals surface area contributed by atoms with E-state index in [0.717, 1.165) is 33.4 Å². The zero-order chi connectivity index (χ0) is 17.3. The highest BCUT2D eigenvalue weighted by atomic mass is 16.5. The van der Waals surface area contributed by atoms with Crippen LogP contribution in [-0.2, 0) is 11.2 Å². The first-order valence-corrected chi connectivity index (χ1v) is 7.81. The molecule has 124 valence electrons. The summed E-state index contributed by atoms with van der Waals surface area (Å²) >= 11 is 0. The van der Waals surface area contributed by atoms with Gasteiger partial charge in [0.25, 0.3) is 0 Å². The molecule has 1 heterocycles. The van der Waals surface area contributed by atoms with Crippen molar-refractivity contribution in [2.75, 3.05) is 7.11 Å². The highest BCUT2D eigenvalue weighted by Gasteiger charge is 2.15. The Morgan fingerprint density at radius 2 is 1.83 bits per heavy atom. The van der Waals surface area contributed by atoms with Crippen LogP contribution < -0.4 is 9.47 Å². The van der Waals surface area contributed by atoms with Gasteiger partial charge in [-0.2, -0.15) is 0 Å². The molecule has 0 bridgehead atoms. The summed E-state index contributed by atoms with van der Waals surface area (Å²) in [5.74, 6) is 1.07. The summed E-state index contributed by atoms with van der Waals surface area (Å²) in [4.78, 5) is 12.4. The third-order valence-corrected chi connectivity index (χ3v) is 4.29. The number of aryl methyl sites for hydroxylation is 2. The molecule has 3 rings (SSSR count). The van der Waals surface area contributed by atoms with E-state index in [1.54, 1.807) is 19.4 Å². The van der Waals surface area contributed by atoms with Gasteiger partial charge in [-0.15, -0.1) is 0 Å². The molecule has 0 saturated heterocycles. The lowest BCUT2D eigenvalue weighted by atomic mass is 10.1. The van der Waals surface area contributed by atoms with Crippen LogP contribution in [0, 0.1) is 20.8 Å². The molecule has 2 aromatic carbocycles. The van der Waals surface area contributed by atoms with Crippen molar-refractivity contribution >= 4 is 16.9 Å². The lowest BCUT2D eigenvalue weighted by molar-refractivity contribution is -0.133. The number of hydrogen-bond donors (Lipinski definition) is 0. The van der Waals surface area contributed by atoms with E-state index in [0.29, 0.717) is 11.3 Å². The van der Waals surface area contributed by atoms with E-state index >= 15 is 0 Å². The summed E-state index contributed by atoms with van der Waals surface area (Å²) in [6.07, 6.45) is 1.76. The van der Waals surface area contributed by atoms with Crippen LogP contribution in [0.2, 0.25) is 0 Å². The van der Waals surface area contributed by atoms with E-state index in [4.69, 9.17) is 13.9 Å². The van der Waals surface area contributed by atoms with E-state index in [2.05, 4.69) is 0 Å². The van der Waals surface area contributed by atoms with E-state index in [1.165, 1.54) is 0 Å². The molecule has 1 aromatic heterocycles. The zero-order valence-corrected chi connectivity index (χ0v) is 14.3. The second-order valence-corrected chi connectivity index (χ2v) is 5.93. The number of carbonyl (C=O) groups excluding carboxylic acids is 1. The SMILES string of the molecule is COc1ccc2c(CC(=O)Oc3c(C)ccc(C)c3C)coc2c1. The minimum absolute atomic E-state index is 0.159. The summed E-state index contributed by atoms with van der Waals surface area (Å²) in [5.41, 5.74) is 4.54. The fraction of sp³-hybridized carbons (Fsp3) is 0.250. The van der Waals surface area contributed by atoms with Crippen molar-refractivity contribution in [1.29, 1.82) is 0 Å². The molecule has 0 aliphatic rings. The number of ether oxygens (including phenoxy) is 2. The Balaban J connectivity index is 1.82. The topological polar surface area (TPSA) is 48.7 Å². The molecule has 4 nitrogen and oxygen atoms in total. The van der Waals surface area contributed by atoms with Crippen LogP contribution in [-0.4, -0.2) is 13.1 Å².